The molecule has 1 aromatic heterocycles. The van der Waals surface area contributed by atoms with Crippen LogP contribution in [0, 0.1) is 6.92 Å². The molecule has 0 saturated heterocycles. The van der Waals surface area contributed by atoms with Gasteiger partial charge in [0.15, 0.2) is 5.82 Å². The van der Waals surface area contributed by atoms with Gasteiger partial charge in [-0.3, -0.25) is 4.79 Å². The molecule has 3 N–H and O–H groups in total. The summed E-state index contributed by atoms with van der Waals surface area (Å²) in [5.41, 5.74) is 4.03. The van der Waals surface area contributed by atoms with Crippen LogP contribution in [-0.4, -0.2) is 26.5 Å². The van der Waals surface area contributed by atoms with Gasteiger partial charge in [-0.25, -0.2) is 4.68 Å². The second-order valence-corrected chi connectivity index (χ2v) is 6.88. The molecule has 0 atom stereocenters. The van der Waals surface area contributed by atoms with Crippen LogP contribution in [0.4, 0.5) is 5.69 Å². The first kappa shape index (κ1) is 18.0. The van der Waals surface area contributed by atoms with Gasteiger partial charge in [-0.1, -0.05) is 60.6 Å². The van der Waals surface area contributed by atoms with Crippen molar-refractivity contribution in [3.05, 3.63) is 59.7 Å². The number of nitrogen functional groups attached to an aromatic ring is 1. The minimum Gasteiger partial charge on any atom is -0.335 e. The minimum absolute atomic E-state index is 0.108. The molecule has 0 aliphatic carbocycles. The van der Waals surface area contributed by atoms with E-state index in [1.807, 2.05) is 55.5 Å². The lowest BCUT2D eigenvalue weighted by molar-refractivity contribution is -0.113. The first-order valence-electron chi connectivity index (χ1n) is 8.36. The number of anilines is 1. The molecule has 0 aliphatic heterocycles. The molecule has 0 bridgehead atoms. The standard InChI is InChI=1S/C19H21N5OS/c1-3-14-5-4-6-16(11-14)21-17(25)12-26-19-23-22-18(24(19)20)15-9-7-13(2)8-10-15/h4-11H,3,12,20H2,1-2H3,(H,21,25). The zero-order chi connectivity index (χ0) is 18.5. The normalized spacial score (nSPS) is 10.7. The third-order valence-electron chi connectivity index (χ3n) is 3.93. The summed E-state index contributed by atoms with van der Waals surface area (Å²) in [4.78, 5) is 12.2. The summed E-state index contributed by atoms with van der Waals surface area (Å²) >= 11 is 1.26. The molecular formula is C19H21N5OS. The molecule has 1 amide bonds. The number of thioether (sulfide) groups is 1. The van der Waals surface area contributed by atoms with E-state index < -0.39 is 0 Å². The number of aromatic nitrogens is 3. The van der Waals surface area contributed by atoms with Crippen LogP contribution >= 0.6 is 11.8 Å². The largest absolute Gasteiger partial charge is 0.335 e. The maximum absolute atomic E-state index is 12.2. The maximum Gasteiger partial charge on any atom is 0.234 e. The van der Waals surface area contributed by atoms with Gasteiger partial charge >= 0.3 is 0 Å². The number of benzene rings is 2. The van der Waals surface area contributed by atoms with E-state index in [-0.39, 0.29) is 11.7 Å². The minimum atomic E-state index is -0.108. The highest BCUT2D eigenvalue weighted by Crippen LogP contribution is 2.22. The second kappa shape index (κ2) is 8.05. The van der Waals surface area contributed by atoms with Crippen molar-refractivity contribution in [2.24, 2.45) is 0 Å². The van der Waals surface area contributed by atoms with Gasteiger partial charge in [-0.15, -0.1) is 10.2 Å². The molecule has 134 valence electrons. The van der Waals surface area contributed by atoms with E-state index in [2.05, 4.69) is 22.4 Å². The van der Waals surface area contributed by atoms with Gasteiger partial charge in [0.2, 0.25) is 11.1 Å². The molecule has 1 heterocycles. The summed E-state index contributed by atoms with van der Waals surface area (Å²) in [6, 6.07) is 15.7. The van der Waals surface area contributed by atoms with Gasteiger partial charge in [0.05, 0.1) is 5.75 Å². The molecule has 0 saturated carbocycles. The van der Waals surface area contributed by atoms with Crippen molar-refractivity contribution < 1.29 is 4.79 Å². The lowest BCUT2D eigenvalue weighted by atomic mass is 10.1. The Hall–Kier alpha value is -2.80. The lowest BCUT2D eigenvalue weighted by Crippen LogP contribution is -2.16. The summed E-state index contributed by atoms with van der Waals surface area (Å²) < 4.78 is 1.42. The van der Waals surface area contributed by atoms with Crippen molar-refractivity contribution in [3.63, 3.8) is 0 Å². The predicted octanol–water partition coefficient (Wildman–Crippen LogP) is 3.26. The van der Waals surface area contributed by atoms with Gasteiger partial charge in [0.1, 0.15) is 0 Å². The highest BCUT2D eigenvalue weighted by Gasteiger charge is 2.14. The van der Waals surface area contributed by atoms with E-state index in [1.165, 1.54) is 22.0 Å². The summed E-state index contributed by atoms with van der Waals surface area (Å²) in [6.07, 6.45) is 0.927. The molecule has 26 heavy (non-hydrogen) atoms. The molecule has 0 aliphatic rings. The molecular weight excluding hydrogens is 346 g/mol. The number of hydrogen-bond donors (Lipinski definition) is 2. The molecule has 0 unspecified atom stereocenters. The number of nitrogens with two attached hydrogens (primary N) is 1. The van der Waals surface area contributed by atoms with Gasteiger partial charge < -0.3 is 11.2 Å². The van der Waals surface area contributed by atoms with Crippen LogP contribution in [0.15, 0.2) is 53.7 Å². The van der Waals surface area contributed by atoms with Gasteiger partial charge in [-0.05, 0) is 31.0 Å². The first-order valence-corrected chi connectivity index (χ1v) is 9.34. The van der Waals surface area contributed by atoms with E-state index in [9.17, 15) is 4.79 Å². The van der Waals surface area contributed by atoms with Crippen molar-refractivity contribution >= 4 is 23.4 Å². The molecule has 3 aromatic rings. The molecule has 0 radical (unpaired) electrons. The number of hydrogen-bond acceptors (Lipinski definition) is 5. The Bertz CT molecular complexity index is 905. The fourth-order valence-electron chi connectivity index (χ4n) is 2.47. The highest BCUT2D eigenvalue weighted by atomic mass is 32.2. The van der Waals surface area contributed by atoms with Crippen molar-refractivity contribution in [2.45, 2.75) is 25.4 Å². The number of nitrogens with one attached hydrogen (secondary N) is 1. The molecule has 0 fully saturated rings. The average Bonchev–Trinajstić information content (AvgIpc) is 3.01. The molecule has 2 aromatic carbocycles. The predicted molar refractivity (Wildman–Crippen MR) is 106 cm³/mol. The molecule has 6 nitrogen and oxygen atoms in total. The third kappa shape index (κ3) is 4.23. The van der Waals surface area contributed by atoms with Crippen LogP contribution in [0.5, 0.6) is 0 Å². The van der Waals surface area contributed by atoms with Crippen LogP contribution in [0.25, 0.3) is 11.4 Å². The van der Waals surface area contributed by atoms with Gasteiger partial charge in [-0.2, -0.15) is 0 Å². The van der Waals surface area contributed by atoms with E-state index in [0.717, 1.165) is 23.2 Å². The lowest BCUT2D eigenvalue weighted by Gasteiger charge is -2.07. The van der Waals surface area contributed by atoms with Gasteiger partial charge in [0.25, 0.3) is 0 Å². The third-order valence-corrected chi connectivity index (χ3v) is 4.87. The van der Waals surface area contributed by atoms with Crippen LogP contribution in [0.3, 0.4) is 0 Å². The molecule has 3 rings (SSSR count). The zero-order valence-electron chi connectivity index (χ0n) is 14.8. The van der Waals surface area contributed by atoms with E-state index in [4.69, 9.17) is 5.84 Å². The van der Waals surface area contributed by atoms with Gasteiger partial charge in [0, 0.05) is 11.3 Å². The Morgan fingerprint density at radius 3 is 2.69 bits per heavy atom. The summed E-state index contributed by atoms with van der Waals surface area (Å²) in [5.74, 6) is 6.76. The molecule has 7 heteroatoms. The van der Waals surface area contributed by atoms with E-state index in [0.29, 0.717) is 11.0 Å². The second-order valence-electron chi connectivity index (χ2n) is 5.93. The zero-order valence-corrected chi connectivity index (χ0v) is 15.6. The average molecular weight is 367 g/mol. The van der Waals surface area contributed by atoms with Crippen molar-refractivity contribution in [2.75, 3.05) is 16.9 Å². The topological polar surface area (TPSA) is 85.8 Å². The Kier molecular flexibility index (Phi) is 5.58. The smallest absolute Gasteiger partial charge is 0.234 e. The van der Waals surface area contributed by atoms with Crippen molar-refractivity contribution in [1.82, 2.24) is 14.9 Å². The number of carbonyl (C=O) groups excluding carboxylic acids is 1. The van der Waals surface area contributed by atoms with Crippen LogP contribution < -0.4 is 11.2 Å². The maximum atomic E-state index is 12.2. The van der Waals surface area contributed by atoms with Crippen LogP contribution in [0.1, 0.15) is 18.1 Å². The highest BCUT2D eigenvalue weighted by molar-refractivity contribution is 7.99. The monoisotopic (exact) mass is 367 g/mol. The number of nitrogens with zero attached hydrogens (tertiary/aromatic N) is 3. The van der Waals surface area contributed by atoms with E-state index >= 15 is 0 Å². The Morgan fingerprint density at radius 2 is 1.96 bits per heavy atom. The first-order chi connectivity index (χ1) is 12.6. The fraction of sp³-hybridized carbons (Fsp3) is 0.211. The van der Waals surface area contributed by atoms with Crippen molar-refractivity contribution in [3.8, 4) is 11.4 Å². The Balaban J connectivity index is 1.62. The SMILES string of the molecule is CCc1cccc(NC(=O)CSc2nnc(-c3ccc(C)cc3)n2N)c1. The number of carbonyl (C=O) groups is 1. The van der Waals surface area contributed by atoms with E-state index in [1.54, 1.807) is 0 Å². The fourth-order valence-corrected chi connectivity index (χ4v) is 3.13. The number of rotatable bonds is 6. The summed E-state index contributed by atoms with van der Waals surface area (Å²) in [7, 11) is 0. The number of amides is 1. The van der Waals surface area contributed by atoms with Crippen molar-refractivity contribution in [1.29, 1.82) is 0 Å². The Morgan fingerprint density at radius 1 is 1.19 bits per heavy atom. The van der Waals surface area contributed by atoms with Crippen LogP contribution in [0.2, 0.25) is 0 Å². The van der Waals surface area contributed by atoms with Crippen LogP contribution in [-0.2, 0) is 11.2 Å². The quantitative estimate of drug-likeness (QED) is 0.516. The summed E-state index contributed by atoms with van der Waals surface area (Å²) in [6.45, 7) is 4.10. The Labute approximate surface area is 156 Å². The summed E-state index contributed by atoms with van der Waals surface area (Å²) in [5, 5.41) is 11.6. The molecule has 0 spiro atoms. The number of aryl methyl sites for hydroxylation is 2.